The molecule has 0 saturated heterocycles. The number of hydrogen-bond donors (Lipinski definition) is 1. The van der Waals surface area contributed by atoms with E-state index < -0.39 is 12.2 Å². The van der Waals surface area contributed by atoms with Crippen LogP contribution in [0.2, 0.25) is 0 Å². The second-order valence-electron chi connectivity index (χ2n) is 4.41. The molecule has 0 amide bonds. The van der Waals surface area contributed by atoms with Crippen LogP contribution in [0.3, 0.4) is 0 Å². The molecule has 1 aromatic carbocycles. The summed E-state index contributed by atoms with van der Waals surface area (Å²) in [5.74, 6) is -0.451. The van der Waals surface area contributed by atoms with Crippen molar-refractivity contribution < 1.29 is 13.2 Å². The summed E-state index contributed by atoms with van der Waals surface area (Å²) in [6, 6.07) is 4.10. The molecule has 102 valence electrons. The van der Waals surface area contributed by atoms with E-state index in [9.17, 15) is 13.2 Å². The number of halogens is 3. The Labute approximate surface area is 109 Å². The molecule has 2 nitrogen and oxygen atoms in total. The number of hydrogen-bond acceptors (Lipinski definition) is 2. The highest BCUT2D eigenvalue weighted by Crippen LogP contribution is 2.31. The van der Waals surface area contributed by atoms with Crippen LogP contribution in [0.5, 0.6) is 0 Å². The van der Waals surface area contributed by atoms with Gasteiger partial charge < -0.3 is 5.32 Å². The Bertz CT molecular complexity index is 597. The quantitative estimate of drug-likeness (QED) is 0.886. The number of nitrogens with zero attached hydrogens (tertiary/aromatic N) is 1. The molecule has 0 unspecified atom stereocenters. The van der Waals surface area contributed by atoms with Crippen LogP contribution in [-0.4, -0.2) is 11.5 Å². The second kappa shape index (κ2) is 5.47. The van der Waals surface area contributed by atoms with Crippen molar-refractivity contribution in [1.82, 2.24) is 4.98 Å². The van der Waals surface area contributed by atoms with Gasteiger partial charge in [0.05, 0.1) is 10.9 Å². The van der Waals surface area contributed by atoms with Gasteiger partial charge in [0.15, 0.2) is 0 Å². The fourth-order valence-corrected chi connectivity index (χ4v) is 1.96. The molecule has 0 bridgehead atoms. The van der Waals surface area contributed by atoms with E-state index in [1.165, 1.54) is 12.1 Å². The number of benzene rings is 1. The van der Waals surface area contributed by atoms with Gasteiger partial charge in [0.1, 0.15) is 11.5 Å². The topological polar surface area (TPSA) is 24.9 Å². The largest absolute Gasteiger partial charge is 0.384 e. The molecule has 0 saturated carbocycles. The zero-order valence-electron chi connectivity index (χ0n) is 10.8. The number of anilines is 1. The molecule has 2 rings (SSSR count). The van der Waals surface area contributed by atoms with Crippen LogP contribution in [0, 0.1) is 12.7 Å². The molecule has 0 atom stereocenters. The summed E-state index contributed by atoms with van der Waals surface area (Å²) < 4.78 is 39.6. The smallest absolute Gasteiger partial charge is 0.280 e. The highest BCUT2D eigenvalue weighted by molar-refractivity contribution is 5.94. The minimum atomic E-state index is -2.67. The molecule has 1 aromatic heterocycles. The van der Waals surface area contributed by atoms with Gasteiger partial charge in [-0.15, -0.1) is 0 Å². The Kier molecular flexibility index (Phi) is 3.93. The minimum Gasteiger partial charge on any atom is -0.384 e. The lowest BCUT2D eigenvalue weighted by molar-refractivity contribution is 0.146. The first-order valence-corrected chi connectivity index (χ1v) is 6.16. The maximum Gasteiger partial charge on any atom is 0.280 e. The number of alkyl halides is 2. The van der Waals surface area contributed by atoms with Gasteiger partial charge in [-0.2, -0.15) is 0 Å². The first-order valence-electron chi connectivity index (χ1n) is 6.16. The zero-order valence-corrected chi connectivity index (χ0v) is 10.8. The lowest BCUT2D eigenvalue weighted by Gasteiger charge is -2.13. The third-order valence-corrected chi connectivity index (χ3v) is 2.92. The Morgan fingerprint density at radius 1 is 1.32 bits per heavy atom. The predicted molar refractivity (Wildman–Crippen MR) is 70.2 cm³/mol. The standard InChI is InChI=1S/C14H15F3N2/c1-3-6-18-10-7-11(14(16)17)19-13-8(2)4-5-9(15)12(10)13/h4-5,7,14H,3,6H2,1-2H3,(H,18,19). The summed E-state index contributed by atoms with van der Waals surface area (Å²) >= 11 is 0. The van der Waals surface area contributed by atoms with Crippen molar-refractivity contribution in [1.29, 1.82) is 0 Å². The zero-order chi connectivity index (χ0) is 14.0. The van der Waals surface area contributed by atoms with E-state index in [0.29, 0.717) is 17.8 Å². The van der Waals surface area contributed by atoms with Gasteiger partial charge in [0, 0.05) is 12.2 Å². The van der Waals surface area contributed by atoms with Gasteiger partial charge in [-0.1, -0.05) is 13.0 Å². The molecular weight excluding hydrogens is 253 g/mol. The highest BCUT2D eigenvalue weighted by Gasteiger charge is 2.16. The summed E-state index contributed by atoms with van der Waals surface area (Å²) in [7, 11) is 0. The van der Waals surface area contributed by atoms with Gasteiger partial charge in [0.25, 0.3) is 6.43 Å². The molecule has 0 spiro atoms. The van der Waals surface area contributed by atoms with Crippen LogP contribution in [-0.2, 0) is 0 Å². The molecular formula is C14H15F3N2. The molecule has 0 aliphatic rings. The molecule has 0 radical (unpaired) electrons. The van der Waals surface area contributed by atoms with Crippen LogP contribution in [0.15, 0.2) is 18.2 Å². The summed E-state index contributed by atoms with van der Waals surface area (Å²) in [6.45, 7) is 4.27. The fraction of sp³-hybridized carbons (Fsp3) is 0.357. The van der Waals surface area contributed by atoms with E-state index in [1.807, 2.05) is 6.92 Å². The Hall–Kier alpha value is -1.78. The Morgan fingerprint density at radius 2 is 2.05 bits per heavy atom. The predicted octanol–water partition coefficient (Wildman–Crippen LogP) is 4.44. The first-order chi connectivity index (χ1) is 9.04. The maximum atomic E-state index is 13.9. The van der Waals surface area contributed by atoms with Crippen LogP contribution < -0.4 is 5.32 Å². The van der Waals surface area contributed by atoms with Crippen molar-refractivity contribution in [3.05, 3.63) is 35.3 Å². The molecule has 0 aliphatic heterocycles. The monoisotopic (exact) mass is 268 g/mol. The summed E-state index contributed by atoms with van der Waals surface area (Å²) in [5, 5.41) is 3.26. The SMILES string of the molecule is CCCNc1cc(C(F)F)nc2c(C)ccc(F)c12. The van der Waals surface area contributed by atoms with Crippen molar-refractivity contribution >= 4 is 16.6 Å². The van der Waals surface area contributed by atoms with Crippen LogP contribution in [0.4, 0.5) is 18.9 Å². The van der Waals surface area contributed by atoms with E-state index >= 15 is 0 Å². The second-order valence-corrected chi connectivity index (χ2v) is 4.41. The number of rotatable bonds is 4. The number of nitrogens with one attached hydrogen (secondary N) is 1. The van der Waals surface area contributed by atoms with Crippen molar-refractivity contribution in [3.63, 3.8) is 0 Å². The van der Waals surface area contributed by atoms with Gasteiger partial charge in [-0.05, 0) is 31.0 Å². The lowest BCUT2D eigenvalue weighted by Crippen LogP contribution is -2.04. The van der Waals surface area contributed by atoms with Gasteiger partial charge >= 0.3 is 0 Å². The molecule has 0 fully saturated rings. The van der Waals surface area contributed by atoms with E-state index in [2.05, 4.69) is 10.3 Å². The summed E-state index contributed by atoms with van der Waals surface area (Å²) in [6.07, 6.45) is -1.85. The van der Waals surface area contributed by atoms with Gasteiger partial charge in [-0.3, -0.25) is 0 Å². The van der Waals surface area contributed by atoms with Crippen molar-refractivity contribution in [2.45, 2.75) is 26.7 Å². The number of aromatic nitrogens is 1. The molecule has 1 N–H and O–H groups in total. The minimum absolute atomic E-state index is 0.276. The van der Waals surface area contributed by atoms with Crippen molar-refractivity contribution in [2.75, 3.05) is 11.9 Å². The fourth-order valence-electron chi connectivity index (χ4n) is 1.96. The van der Waals surface area contributed by atoms with Crippen LogP contribution in [0.25, 0.3) is 10.9 Å². The number of fused-ring (bicyclic) bond motifs is 1. The van der Waals surface area contributed by atoms with E-state index in [-0.39, 0.29) is 16.6 Å². The van der Waals surface area contributed by atoms with Gasteiger partial charge in [0.2, 0.25) is 0 Å². The number of aryl methyl sites for hydroxylation is 1. The number of pyridine rings is 1. The van der Waals surface area contributed by atoms with E-state index in [1.54, 1.807) is 13.0 Å². The normalized spacial score (nSPS) is 11.3. The third kappa shape index (κ3) is 2.64. The van der Waals surface area contributed by atoms with E-state index in [0.717, 1.165) is 6.42 Å². The molecule has 0 aliphatic carbocycles. The third-order valence-electron chi connectivity index (χ3n) is 2.92. The summed E-state index contributed by atoms with van der Waals surface area (Å²) in [5.41, 5.74) is 1.01. The highest BCUT2D eigenvalue weighted by atomic mass is 19.3. The average molecular weight is 268 g/mol. The van der Waals surface area contributed by atoms with Crippen LogP contribution in [0.1, 0.15) is 31.0 Å². The lowest BCUT2D eigenvalue weighted by atomic mass is 10.1. The molecule has 19 heavy (non-hydrogen) atoms. The van der Waals surface area contributed by atoms with Crippen LogP contribution >= 0.6 is 0 Å². The summed E-state index contributed by atoms with van der Waals surface area (Å²) in [4.78, 5) is 3.87. The van der Waals surface area contributed by atoms with E-state index in [4.69, 9.17) is 0 Å². The van der Waals surface area contributed by atoms with Crippen molar-refractivity contribution in [3.8, 4) is 0 Å². The molecule has 2 aromatic rings. The maximum absolute atomic E-state index is 13.9. The average Bonchev–Trinajstić information content (AvgIpc) is 2.39. The van der Waals surface area contributed by atoms with Gasteiger partial charge in [-0.25, -0.2) is 18.2 Å². The molecule has 1 heterocycles. The first kappa shape index (κ1) is 13.6. The Morgan fingerprint density at radius 3 is 2.68 bits per heavy atom. The Balaban J connectivity index is 2.70. The molecule has 5 heteroatoms. The van der Waals surface area contributed by atoms with Crippen molar-refractivity contribution in [2.24, 2.45) is 0 Å².